The van der Waals surface area contributed by atoms with E-state index in [9.17, 15) is 10.1 Å². The molecule has 0 radical (unpaired) electrons. The summed E-state index contributed by atoms with van der Waals surface area (Å²) in [6.45, 7) is 4.28. The van der Waals surface area contributed by atoms with Crippen molar-refractivity contribution in [1.29, 1.82) is 0 Å². The van der Waals surface area contributed by atoms with Crippen LogP contribution in [-0.4, -0.2) is 15.1 Å². The molecule has 2 N–H and O–H groups in total. The van der Waals surface area contributed by atoms with Crippen LogP contribution >= 0.6 is 0 Å². The molecule has 0 aliphatic heterocycles. The van der Waals surface area contributed by atoms with Crippen LogP contribution < -0.4 is 15.2 Å². The number of hydrogen-bond donors (Lipinski definition) is 1. The smallest absolute Gasteiger partial charge is 0.312 e. The fourth-order valence-corrected chi connectivity index (χ4v) is 1.88. The molecule has 0 aliphatic carbocycles. The highest BCUT2D eigenvalue weighted by molar-refractivity contribution is 5.44. The molecule has 0 unspecified atom stereocenters. The summed E-state index contributed by atoms with van der Waals surface area (Å²) < 4.78 is 16.3. The number of ether oxygens (including phenoxy) is 2. The summed E-state index contributed by atoms with van der Waals surface area (Å²) in [6.07, 6.45) is 1.25. The van der Waals surface area contributed by atoms with Crippen LogP contribution in [0.15, 0.2) is 52.9 Å². The van der Waals surface area contributed by atoms with Crippen molar-refractivity contribution >= 4 is 11.7 Å². The van der Waals surface area contributed by atoms with Crippen LogP contribution in [0.4, 0.5) is 11.7 Å². The van der Waals surface area contributed by atoms with E-state index in [1.165, 1.54) is 30.7 Å². The van der Waals surface area contributed by atoms with E-state index in [2.05, 4.69) is 24.0 Å². The first-order chi connectivity index (χ1) is 13.0. The zero-order valence-corrected chi connectivity index (χ0v) is 15.0. The van der Waals surface area contributed by atoms with E-state index in [4.69, 9.17) is 19.6 Å². The Bertz CT molecular complexity index is 864. The Hall–Kier alpha value is -3.62. The summed E-state index contributed by atoms with van der Waals surface area (Å²) in [5, 5.41) is 17.9. The summed E-state index contributed by atoms with van der Waals surface area (Å²) in [7, 11) is 0. The van der Waals surface area contributed by atoms with E-state index in [0.29, 0.717) is 17.2 Å². The summed E-state index contributed by atoms with van der Waals surface area (Å²) in [6, 6.07) is 12.7. The third-order valence-corrected chi connectivity index (χ3v) is 2.96. The van der Waals surface area contributed by atoms with Gasteiger partial charge in [0.05, 0.1) is 4.92 Å². The van der Waals surface area contributed by atoms with Gasteiger partial charge in [-0.1, -0.05) is 37.5 Å². The zero-order chi connectivity index (χ0) is 19.6. The minimum Gasteiger partial charge on any atom is -0.480 e. The minimum atomic E-state index is -0.475. The molecule has 0 atom stereocenters. The average Bonchev–Trinajstić information content (AvgIpc) is 3.07. The number of nitrogens with zero attached hydrogens (tertiary/aromatic N) is 3. The molecule has 2 aromatic carbocycles. The van der Waals surface area contributed by atoms with E-state index in [1.54, 1.807) is 24.3 Å². The van der Waals surface area contributed by atoms with Gasteiger partial charge in [0.2, 0.25) is 0 Å². The van der Waals surface area contributed by atoms with Crippen LogP contribution in [0.25, 0.3) is 0 Å². The number of benzene rings is 2. The molecule has 9 heteroatoms. The van der Waals surface area contributed by atoms with Gasteiger partial charge in [-0.05, 0) is 24.3 Å². The monoisotopic (exact) mass is 372 g/mol. The minimum absolute atomic E-state index is 0.0131. The van der Waals surface area contributed by atoms with Crippen molar-refractivity contribution in [3.8, 4) is 17.2 Å². The summed E-state index contributed by atoms with van der Waals surface area (Å²) >= 11 is 0. The Balaban J connectivity index is 0.000000817. The second-order valence-corrected chi connectivity index (χ2v) is 5.33. The molecule has 0 bridgehead atoms. The predicted molar refractivity (Wildman–Crippen MR) is 98.6 cm³/mol. The van der Waals surface area contributed by atoms with Gasteiger partial charge in [-0.25, -0.2) is 0 Å². The van der Waals surface area contributed by atoms with E-state index in [1.807, 2.05) is 0 Å². The Morgan fingerprint density at radius 2 is 1.70 bits per heavy atom. The number of non-ortho nitro benzene ring substituents is 1. The number of nitro groups is 1. The molecule has 0 saturated carbocycles. The number of nitrogen functional groups attached to an aromatic ring is 1. The van der Waals surface area contributed by atoms with Crippen LogP contribution in [0, 0.1) is 10.1 Å². The number of hydrogen-bond acceptors (Lipinski definition) is 8. The highest BCUT2D eigenvalue weighted by atomic mass is 16.6. The predicted octanol–water partition coefficient (Wildman–Crippen LogP) is 4.35. The van der Waals surface area contributed by atoms with Crippen LogP contribution in [0.1, 0.15) is 26.2 Å². The lowest BCUT2D eigenvalue weighted by Crippen LogP contribution is -1.98. The second-order valence-electron chi connectivity index (χ2n) is 5.33. The maximum absolute atomic E-state index is 10.7. The normalized spacial score (nSPS) is 9.85. The molecule has 1 aromatic heterocycles. The quantitative estimate of drug-likeness (QED) is 0.500. The third-order valence-electron chi connectivity index (χ3n) is 2.96. The molecule has 9 nitrogen and oxygen atoms in total. The molecule has 142 valence electrons. The van der Waals surface area contributed by atoms with Gasteiger partial charge in [0.15, 0.2) is 18.1 Å². The number of nitro benzene ring substituents is 1. The molecular formula is C18H20N4O5. The maximum atomic E-state index is 10.7. The number of aromatic nitrogens is 2. The SMILES string of the molecule is CCC.Nc1nnc(COc2ccccc2Oc2ccc([N+](=O)[O-])cc2)o1. The molecule has 0 fully saturated rings. The topological polar surface area (TPSA) is 127 Å². The van der Waals surface area contributed by atoms with Crippen LogP contribution in [-0.2, 0) is 6.61 Å². The number of anilines is 1. The third kappa shape index (κ3) is 5.99. The molecule has 0 saturated heterocycles. The first kappa shape index (κ1) is 19.7. The van der Waals surface area contributed by atoms with Crippen LogP contribution in [0.3, 0.4) is 0 Å². The Morgan fingerprint density at radius 1 is 1.07 bits per heavy atom. The van der Waals surface area contributed by atoms with E-state index in [-0.39, 0.29) is 24.2 Å². The lowest BCUT2D eigenvalue weighted by atomic mass is 10.3. The molecular weight excluding hydrogens is 352 g/mol. The van der Waals surface area contributed by atoms with Gasteiger partial charge in [0.25, 0.3) is 11.6 Å². The average molecular weight is 372 g/mol. The largest absolute Gasteiger partial charge is 0.480 e. The summed E-state index contributed by atoms with van der Waals surface area (Å²) in [5.41, 5.74) is 5.33. The molecule has 27 heavy (non-hydrogen) atoms. The molecule has 3 rings (SSSR count). The summed E-state index contributed by atoms with van der Waals surface area (Å²) in [5.74, 6) is 1.57. The highest BCUT2D eigenvalue weighted by Crippen LogP contribution is 2.32. The Kier molecular flexibility index (Phi) is 7.12. The standard InChI is InChI=1S/C15H12N4O5.C3H8/c16-15-18-17-14(24-15)9-22-12-3-1-2-4-13(12)23-11-7-5-10(6-8-11)19(20)21;1-3-2/h1-8H,9H2,(H2,16,18);3H2,1-2H3. The van der Waals surface area contributed by atoms with Crippen molar-refractivity contribution in [2.24, 2.45) is 0 Å². The Morgan fingerprint density at radius 3 is 2.26 bits per heavy atom. The summed E-state index contributed by atoms with van der Waals surface area (Å²) in [4.78, 5) is 10.2. The molecule has 1 heterocycles. The van der Waals surface area contributed by atoms with Crippen molar-refractivity contribution < 1.29 is 18.8 Å². The second kappa shape index (κ2) is 9.76. The highest BCUT2D eigenvalue weighted by Gasteiger charge is 2.10. The molecule has 0 amide bonds. The van der Waals surface area contributed by atoms with Gasteiger partial charge < -0.3 is 19.6 Å². The van der Waals surface area contributed by atoms with Crippen LogP contribution in [0.5, 0.6) is 17.2 Å². The number of nitrogens with two attached hydrogens (primary N) is 1. The van der Waals surface area contributed by atoms with Crippen molar-refractivity contribution in [3.05, 3.63) is 64.5 Å². The van der Waals surface area contributed by atoms with Gasteiger partial charge in [0, 0.05) is 12.1 Å². The fraction of sp³-hybridized carbons (Fsp3) is 0.222. The van der Waals surface area contributed by atoms with Crippen molar-refractivity contribution in [2.75, 3.05) is 5.73 Å². The van der Waals surface area contributed by atoms with Gasteiger partial charge in [0.1, 0.15) is 5.75 Å². The fourth-order valence-electron chi connectivity index (χ4n) is 1.88. The van der Waals surface area contributed by atoms with E-state index >= 15 is 0 Å². The number of para-hydroxylation sites is 2. The first-order valence-electron chi connectivity index (χ1n) is 8.25. The van der Waals surface area contributed by atoms with Crippen molar-refractivity contribution in [1.82, 2.24) is 10.2 Å². The maximum Gasteiger partial charge on any atom is 0.312 e. The van der Waals surface area contributed by atoms with Crippen molar-refractivity contribution in [2.45, 2.75) is 26.9 Å². The lowest BCUT2D eigenvalue weighted by molar-refractivity contribution is -0.384. The molecule has 3 aromatic rings. The molecule has 0 aliphatic rings. The van der Waals surface area contributed by atoms with Crippen molar-refractivity contribution in [3.63, 3.8) is 0 Å². The molecule has 0 spiro atoms. The first-order valence-corrected chi connectivity index (χ1v) is 8.25. The van der Waals surface area contributed by atoms with Gasteiger partial charge in [-0.15, -0.1) is 5.10 Å². The van der Waals surface area contributed by atoms with E-state index < -0.39 is 4.92 Å². The Labute approximate surface area is 155 Å². The van der Waals surface area contributed by atoms with Gasteiger partial charge in [-0.3, -0.25) is 10.1 Å². The van der Waals surface area contributed by atoms with E-state index in [0.717, 1.165) is 0 Å². The van der Waals surface area contributed by atoms with Gasteiger partial charge >= 0.3 is 6.01 Å². The van der Waals surface area contributed by atoms with Gasteiger partial charge in [-0.2, -0.15) is 0 Å². The number of rotatable bonds is 6. The lowest BCUT2D eigenvalue weighted by Gasteiger charge is -2.11. The van der Waals surface area contributed by atoms with Crippen LogP contribution in [0.2, 0.25) is 0 Å². The zero-order valence-electron chi connectivity index (χ0n) is 15.0.